The van der Waals surface area contributed by atoms with Gasteiger partial charge >= 0.3 is 0 Å². The van der Waals surface area contributed by atoms with Crippen LogP contribution in [0.5, 0.6) is 5.75 Å². The molecule has 3 nitrogen and oxygen atoms in total. The molecule has 1 fully saturated rings. The zero-order valence-corrected chi connectivity index (χ0v) is 11.9. The van der Waals surface area contributed by atoms with E-state index < -0.39 is 0 Å². The van der Waals surface area contributed by atoms with Gasteiger partial charge in [0.1, 0.15) is 0 Å². The number of fused-ring (bicyclic) bond motifs is 3. The van der Waals surface area contributed by atoms with Crippen molar-refractivity contribution in [1.82, 2.24) is 4.57 Å². The van der Waals surface area contributed by atoms with Crippen molar-refractivity contribution in [3.63, 3.8) is 0 Å². The van der Waals surface area contributed by atoms with E-state index in [1.807, 2.05) is 12.3 Å². The molecule has 108 valence electrons. The van der Waals surface area contributed by atoms with Gasteiger partial charge in [0.2, 0.25) is 0 Å². The molecule has 0 spiro atoms. The third-order valence-electron chi connectivity index (χ3n) is 4.43. The minimum atomic E-state index is -0.341. The fourth-order valence-electron chi connectivity index (χ4n) is 3.14. The lowest BCUT2D eigenvalue weighted by molar-refractivity contribution is 0.0968. The van der Waals surface area contributed by atoms with Gasteiger partial charge in [0.25, 0.3) is 0 Å². The van der Waals surface area contributed by atoms with Crippen molar-refractivity contribution in [2.45, 2.75) is 25.8 Å². The number of carbonyl (C=O) groups is 1. The number of methoxy groups -OCH3 is 1. The first-order valence-corrected chi connectivity index (χ1v) is 7.29. The minimum absolute atomic E-state index is 0.185. The summed E-state index contributed by atoms with van der Waals surface area (Å²) < 4.78 is 21.1. The molecule has 0 unspecified atom stereocenters. The van der Waals surface area contributed by atoms with E-state index in [1.165, 1.54) is 13.2 Å². The highest BCUT2D eigenvalue weighted by Gasteiger charge is 2.34. The molecule has 0 atom stereocenters. The largest absolute Gasteiger partial charge is 0.494 e. The Kier molecular flexibility index (Phi) is 2.67. The highest BCUT2D eigenvalue weighted by Crippen LogP contribution is 2.40. The van der Waals surface area contributed by atoms with Crippen LogP contribution in [0, 0.1) is 11.7 Å². The zero-order valence-electron chi connectivity index (χ0n) is 11.9. The molecule has 2 heterocycles. The van der Waals surface area contributed by atoms with Crippen molar-refractivity contribution in [1.29, 1.82) is 0 Å². The van der Waals surface area contributed by atoms with Crippen LogP contribution in [0.2, 0.25) is 0 Å². The summed E-state index contributed by atoms with van der Waals surface area (Å²) >= 11 is 0. The molecule has 0 bridgehead atoms. The third-order valence-corrected chi connectivity index (χ3v) is 4.43. The van der Waals surface area contributed by atoms with Gasteiger partial charge in [-0.15, -0.1) is 0 Å². The Labute approximate surface area is 122 Å². The fraction of sp³-hybridized carbons (Fsp3) is 0.353. The number of ketones is 1. The third kappa shape index (κ3) is 1.89. The molecule has 0 radical (unpaired) electrons. The van der Waals surface area contributed by atoms with Crippen molar-refractivity contribution in [3.8, 4) is 17.0 Å². The van der Waals surface area contributed by atoms with E-state index in [2.05, 4.69) is 4.57 Å². The number of aromatic nitrogens is 1. The standard InChI is InChI=1S/C17H16FNO2/c1-21-15-9-13-11(8-14(15)18)4-6-19-7-5-12(16(13)19)17(20)10-2-3-10/h5,7-10H,2-4,6H2,1H3. The molecule has 21 heavy (non-hydrogen) atoms. The van der Waals surface area contributed by atoms with Crippen LogP contribution in [0.15, 0.2) is 24.4 Å². The van der Waals surface area contributed by atoms with E-state index in [-0.39, 0.29) is 23.3 Å². The predicted octanol–water partition coefficient (Wildman–Crippen LogP) is 3.45. The van der Waals surface area contributed by atoms with Crippen LogP contribution in [0.1, 0.15) is 28.8 Å². The first-order valence-electron chi connectivity index (χ1n) is 7.29. The van der Waals surface area contributed by atoms with Gasteiger partial charge in [0.05, 0.1) is 12.8 Å². The van der Waals surface area contributed by atoms with Crippen molar-refractivity contribution in [2.75, 3.05) is 7.11 Å². The van der Waals surface area contributed by atoms with Crippen LogP contribution in [-0.4, -0.2) is 17.5 Å². The molecule has 2 aliphatic rings. The molecule has 0 saturated heterocycles. The number of Topliss-reactive ketones (excluding diaryl/α,β-unsaturated/α-hetero) is 1. The second-order valence-electron chi connectivity index (χ2n) is 5.80. The van der Waals surface area contributed by atoms with E-state index >= 15 is 0 Å². The Morgan fingerprint density at radius 2 is 2.19 bits per heavy atom. The van der Waals surface area contributed by atoms with Gasteiger partial charge in [0, 0.05) is 29.8 Å². The quantitative estimate of drug-likeness (QED) is 0.809. The summed E-state index contributed by atoms with van der Waals surface area (Å²) in [7, 11) is 1.46. The number of ether oxygens (including phenoxy) is 1. The molecule has 2 aromatic rings. The van der Waals surface area contributed by atoms with Crippen molar-refractivity contribution >= 4 is 5.78 Å². The van der Waals surface area contributed by atoms with E-state index in [0.29, 0.717) is 0 Å². The lowest BCUT2D eigenvalue weighted by atomic mass is 9.94. The molecule has 1 aromatic carbocycles. The molecule has 1 aliphatic carbocycles. The number of carbonyl (C=O) groups excluding carboxylic acids is 1. The van der Waals surface area contributed by atoms with Crippen molar-refractivity contribution < 1.29 is 13.9 Å². The SMILES string of the molecule is COc1cc2c(cc1F)CCn1ccc(C(=O)C3CC3)c1-2. The number of benzene rings is 1. The van der Waals surface area contributed by atoms with Crippen molar-refractivity contribution in [2.24, 2.45) is 5.92 Å². The normalized spacial score (nSPS) is 16.3. The Morgan fingerprint density at radius 1 is 1.38 bits per heavy atom. The Bertz CT molecular complexity index is 743. The molecule has 1 aromatic heterocycles. The van der Waals surface area contributed by atoms with Crippen LogP contribution in [-0.2, 0) is 13.0 Å². The highest BCUT2D eigenvalue weighted by molar-refractivity contribution is 6.04. The summed E-state index contributed by atoms with van der Waals surface area (Å²) in [6, 6.07) is 5.16. The highest BCUT2D eigenvalue weighted by atomic mass is 19.1. The van der Waals surface area contributed by atoms with E-state index in [1.54, 1.807) is 6.07 Å². The zero-order chi connectivity index (χ0) is 14.6. The van der Waals surface area contributed by atoms with Gasteiger partial charge < -0.3 is 9.30 Å². The lowest BCUT2D eigenvalue weighted by Gasteiger charge is -2.21. The van der Waals surface area contributed by atoms with Crippen LogP contribution < -0.4 is 4.74 Å². The summed E-state index contributed by atoms with van der Waals surface area (Å²) in [4.78, 5) is 12.5. The molecular formula is C17H16FNO2. The van der Waals surface area contributed by atoms with E-state index in [0.717, 1.165) is 48.2 Å². The van der Waals surface area contributed by atoms with Gasteiger partial charge in [-0.25, -0.2) is 4.39 Å². The van der Waals surface area contributed by atoms with Crippen LogP contribution in [0.4, 0.5) is 4.39 Å². The second-order valence-corrected chi connectivity index (χ2v) is 5.80. The monoisotopic (exact) mass is 285 g/mol. The molecule has 1 saturated carbocycles. The Balaban J connectivity index is 1.90. The molecule has 1 aliphatic heterocycles. The maximum atomic E-state index is 13.9. The number of rotatable bonds is 3. The van der Waals surface area contributed by atoms with Gasteiger partial charge in [0.15, 0.2) is 17.3 Å². The van der Waals surface area contributed by atoms with Crippen LogP contribution in [0.3, 0.4) is 0 Å². The minimum Gasteiger partial charge on any atom is -0.494 e. The summed E-state index contributed by atoms with van der Waals surface area (Å²) in [5.74, 6) is 0.296. The van der Waals surface area contributed by atoms with Crippen LogP contribution >= 0.6 is 0 Å². The molecular weight excluding hydrogens is 269 g/mol. The Morgan fingerprint density at radius 3 is 2.90 bits per heavy atom. The van der Waals surface area contributed by atoms with E-state index in [9.17, 15) is 9.18 Å². The van der Waals surface area contributed by atoms with Crippen LogP contribution in [0.25, 0.3) is 11.3 Å². The molecule has 4 rings (SSSR count). The van der Waals surface area contributed by atoms with Gasteiger partial charge in [-0.05, 0) is 43.0 Å². The number of nitrogens with zero attached hydrogens (tertiary/aromatic N) is 1. The van der Waals surface area contributed by atoms with E-state index in [4.69, 9.17) is 4.74 Å². The lowest BCUT2D eigenvalue weighted by Crippen LogP contribution is -2.13. The number of aryl methyl sites for hydroxylation is 2. The van der Waals surface area contributed by atoms with Gasteiger partial charge in [-0.3, -0.25) is 4.79 Å². The first-order chi connectivity index (χ1) is 10.2. The molecule has 0 N–H and O–H groups in total. The topological polar surface area (TPSA) is 31.2 Å². The summed E-state index contributed by atoms with van der Waals surface area (Å²) in [6.07, 6.45) is 4.71. The molecule has 4 heteroatoms. The average molecular weight is 285 g/mol. The smallest absolute Gasteiger partial charge is 0.168 e. The maximum Gasteiger partial charge on any atom is 0.168 e. The summed E-state index contributed by atoms with van der Waals surface area (Å²) in [6.45, 7) is 0.784. The number of hydrogen-bond donors (Lipinski definition) is 0. The maximum absolute atomic E-state index is 13.9. The molecule has 0 amide bonds. The summed E-state index contributed by atoms with van der Waals surface area (Å²) in [5.41, 5.74) is 3.57. The first kappa shape index (κ1) is 12.6. The number of hydrogen-bond acceptors (Lipinski definition) is 2. The van der Waals surface area contributed by atoms with Gasteiger partial charge in [-0.2, -0.15) is 0 Å². The Hall–Kier alpha value is -2.10. The fourth-order valence-corrected chi connectivity index (χ4v) is 3.14. The second kappa shape index (κ2) is 4.45. The summed E-state index contributed by atoms with van der Waals surface area (Å²) in [5, 5.41) is 0. The number of halogens is 1. The predicted molar refractivity (Wildman–Crippen MR) is 77.1 cm³/mol. The van der Waals surface area contributed by atoms with Gasteiger partial charge in [-0.1, -0.05) is 0 Å². The van der Waals surface area contributed by atoms with Crippen molar-refractivity contribution in [3.05, 3.63) is 41.3 Å². The average Bonchev–Trinajstić information content (AvgIpc) is 3.25.